The van der Waals surface area contributed by atoms with Gasteiger partial charge in [0.2, 0.25) is 0 Å². The van der Waals surface area contributed by atoms with E-state index in [2.05, 4.69) is 5.32 Å². The molecule has 2 aromatic carbocycles. The lowest BCUT2D eigenvalue weighted by Crippen LogP contribution is -2.65. The molecule has 10 heteroatoms. The molecule has 1 aliphatic rings. The minimum absolute atomic E-state index is 0.00921. The number of hydrogen-bond acceptors (Lipinski definition) is 7. The van der Waals surface area contributed by atoms with E-state index in [1.54, 1.807) is 24.3 Å². The second kappa shape index (κ2) is 8.06. The van der Waals surface area contributed by atoms with E-state index in [9.17, 15) is 18.3 Å². The van der Waals surface area contributed by atoms with Gasteiger partial charge in [-0.2, -0.15) is 0 Å². The lowest BCUT2D eigenvalue weighted by atomic mass is 9.93. The number of hydrogen-bond donors (Lipinski definition) is 4. The molecule has 0 radical (unpaired) electrons. The summed E-state index contributed by atoms with van der Waals surface area (Å²) in [5.74, 6) is -0.224. The number of piperidine rings is 1. The van der Waals surface area contributed by atoms with E-state index in [1.807, 2.05) is 0 Å². The predicted molar refractivity (Wildman–Crippen MR) is 101 cm³/mol. The van der Waals surface area contributed by atoms with E-state index in [4.69, 9.17) is 21.5 Å². The Labute approximate surface area is 167 Å². The summed E-state index contributed by atoms with van der Waals surface area (Å²) in [6.45, 7) is 0.0176. The number of amides is 1. The van der Waals surface area contributed by atoms with Crippen LogP contribution in [0.15, 0.2) is 53.4 Å². The molecule has 0 spiro atoms. The van der Waals surface area contributed by atoms with Gasteiger partial charge in [-0.05, 0) is 61.5 Å². The summed E-state index contributed by atoms with van der Waals surface area (Å²) in [7, 11) is -4.05. The number of aliphatic hydroxyl groups is 1. The van der Waals surface area contributed by atoms with Gasteiger partial charge in [0.1, 0.15) is 16.7 Å². The fraction of sp³-hybridized carbons (Fsp3) is 0.278. The monoisotopic (exact) mass is 426 g/mol. The molecule has 1 saturated heterocycles. The molecule has 0 aromatic heterocycles. The van der Waals surface area contributed by atoms with Crippen LogP contribution in [0.2, 0.25) is 5.02 Å². The standard InChI is InChI=1S/C18H19ClN2O6S/c19-12-1-3-13(4-2-12)27-14-5-7-15(8-6-14)28(25,26)16-9-10-20-11-18(16,23)17(22)21-24/h1-8,16,20,23-24H,9-11H2,(H,21,22). The molecule has 1 fully saturated rings. The Morgan fingerprint density at radius 1 is 1.14 bits per heavy atom. The first-order valence-electron chi connectivity index (χ1n) is 8.42. The third-order valence-corrected chi connectivity index (χ3v) is 7.14. The van der Waals surface area contributed by atoms with Crippen LogP contribution in [0.3, 0.4) is 0 Å². The maximum Gasteiger partial charge on any atom is 0.277 e. The molecule has 2 atom stereocenters. The molecular formula is C18H19ClN2O6S. The van der Waals surface area contributed by atoms with Crippen LogP contribution in [0, 0.1) is 0 Å². The minimum atomic E-state index is -4.05. The van der Waals surface area contributed by atoms with Gasteiger partial charge in [-0.25, -0.2) is 13.9 Å². The van der Waals surface area contributed by atoms with Gasteiger partial charge in [-0.1, -0.05) is 11.6 Å². The van der Waals surface area contributed by atoms with Gasteiger partial charge < -0.3 is 15.2 Å². The normalized spacial score (nSPS) is 22.5. The molecule has 28 heavy (non-hydrogen) atoms. The van der Waals surface area contributed by atoms with Crippen molar-refractivity contribution in [1.29, 1.82) is 0 Å². The summed E-state index contributed by atoms with van der Waals surface area (Å²) >= 11 is 5.82. The van der Waals surface area contributed by atoms with E-state index >= 15 is 0 Å². The van der Waals surface area contributed by atoms with E-state index in [1.165, 1.54) is 29.7 Å². The molecule has 8 nitrogen and oxygen atoms in total. The van der Waals surface area contributed by atoms with Crippen LogP contribution in [-0.4, -0.2) is 48.6 Å². The van der Waals surface area contributed by atoms with Crippen molar-refractivity contribution < 1.29 is 28.3 Å². The third kappa shape index (κ3) is 3.98. The van der Waals surface area contributed by atoms with Crippen molar-refractivity contribution >= 4 is 27.3 Å². The molecule has 4 N–H and O–H groups in total. The molecule has 1 amide bonds. The predicted octanol–water partition coefficient (Wildman–Crippen LogP) is 1.50. The number of halogens is 1. The van der Waals surface area contributed by atoms with Gasteiger partial charge in [-0.15, -0.1) is 0 Å². The van der Waals surface area contributed by atoms with Crippen molar-refractivity contribution in [2.75, 3.05) is 13.1 Å². The van der Waals surface area contributed by atoms with Crippen molar-refractivity contribution in [2.24, 2.45) is 0 Å². The molecule has 2 unspecified atom stereocenters. The Bertz CT molecular complexity index is 949. The van der Waals surface area contributed by atoms with Crippen LogP contribution in [-0.2, 0) is 14.6 Å². The summed E-state index contributed by atoms with van der Waals surface area (Å²) in [6, 6.07) is 12.3. The SMILES string of the molecule is O=C(NO)C1(O)CNCCC1S(=O)(=O)c1ccc(Oc2ccc(Cl)cc2)cc1. The lowest BCUT2D eigenvalue weighted by Gasteiger charge is -2.37. The molecule has 0 bridgehead atoms. The van der Waals surface area contributed by atoms with Crippen LogP contribution in [0.25, 0.3) is 0 Å². The molecule has 1 heterocycles. The number of nitrogens with one attached hydrogen (secondary N) is 2. The van der Waals surface area contributed by atoms with Gasteiger partial charge in [0, 0.05) is 11.6 Å². The molecule has 1 aliphatic heterocycles. The number of ether oxygens (including phenoxy) is 1. The number of benzene rings is 2. The average Bonchev–Trinajstić information content (AvgIpc) is 2.69. The van der Waals surface area contributed by atoms with Crippen LogP contribution < -0.4 is 15.5 Å². The number of hydroxylamine groups is 1. The zero-order valence-corrected chi connectivity index (χ0v) is 16.2. The van der Waals surface area contributed by atoms with Crippen LogP contribution in [0.5, 0.6) is 11.5 Å². The number of sulfone groups is 1. The van der Waals surface area contributed by atoms with Gasteiger partial charge in [-0.3, -0.25) is 10.0 Å². The molecule has 3 rings (SSSR count). The highest BCUT2D eigenvalue weighted by Gasteiger charge is 2.52. The first-order chi connectivity index (χ1) is 13.3. The highest BCUT2D eigenvalue weighted by Crippen LogP contribution is 2.31. The zero-order valence-electron chi connectivity index (χ0n) is 14.6. The fourth-order valence-corrected chi connectivity index (χ4v) is 5.20. The molecule has 0 aliphatic carbocycles. The second-order valence-electron chi connectivity index (χ2n) is 6.39. The quantitative estimate of drug-likeness (QED) is 0.421. The van der Waals surface area contributed by atoms with E-state index in [0.29, 0.717) is 23.1 Å². The van der Waals surface area contributed by atoms with Gasteiger partial charge in [0.15, 0.2) is 15.4 Å². The molecule has 0 saturated carbocycles. The number of β-amino-alcohol motifs (C(OH)–C–C–N with tert-alkyl or cyclic N) is 1. The van der Waals surface area contributed by atoms with Gasteiger partial charge >= 0.3 is 0 Å². The summed E-state index contributed by atoms with van der Waals surface area (Å²) in [4.78, 5) is 11.9. The largest absolute Gasteiger partial charge is 0.457 e. The maximum absolute atomic E-state index is 13.0. The fourth-order valence-electron chi connectivity index (χ4n) is 3.10. The van der Waals surface area contributed by atoms with E-state index in [0.717, 1.165) is 0 Å². The van der Waals surface area contributed by atoms with E-state index < -0.39 is 26.6 Å². The smallest absolute Gasteiger partial charge is 0.277 e. The average molecular weight is 427 g/mol. The Kier molecular flexibility index (Phi) is 5.92. The van der Waals surface area contributed by atoms with Crippen molar-refractivity contribution in [3.05, 3.63) is 53.6 Å². The van der Waals surface area contributed by atoms with Crippen LogP contribution in [0.1, 0.15) is 6.42 Å². The van der Waals surface area contributed by atoms with E-state index in [-0.39, 0.29) is 17.9 Å². The summed E-state index contributed by atoms with van der Waals surface area (Å²) < 4.78 is 31.7. The van der Waals surface area contributed by atoms with Gasteiger partial charge in [0.25, 0.3) is 5.91 Å². The number of carbonyl (C=O) groups is 1. The Hall–Kier alpha value is -2.17. The highest BCUT2D eigenvalue weighted by molar-refractivity contribution is 7.92. The lowest BCUT2D eigenvalue weighted by molar-refractivity contribution is -0.149. The molecular weight excluding hydrogens is 408 g/mol. The first-order valence-corrected chi connectivity index (χ1v) is 10.3. The molecule has 2 aromatic rings. The van der Waals surface area contributed by atoms with Crippen molar-refractivity contribution in [3.63, 3.8) is 0 Å². The highest BCUT2D eigenvalue weighted by atomic mass is 35.5. The number of rotatable bonds is 5. The summed E-state index contributed by atoms with van der Waals surface area (Å²) in [5, 5.41) is 21.4. The Morgan fingerprint density at radius 3 is 2.29 bits per heavy atom. The second-order valence-corrected chi connectivity index (χ2v) is 8.96. The van der Waals surface area contributed by atoms with Crippen LogP contribution in [0.4, 0.5) is 0 Å². The number of carbonyl (C=O) groups excluding carboxylic acids is 1. The topological polar surface area (TPSA) is 125 Å². The van der Waals surface area contributed by atoms with Gasteiger partial charge in [0.05, 0.1) is 4.90 Å². The summed E-state index contributed by atoms with van der Waals surface area (Å²) in [5.41, 5.74) is -0.941. The Balaban J connectivity index is 1.85. The minimum Gasteiger partial charge on any atom is -0.457 e. The Morgan fingerprint density at radius 2 is 1.71 bits per heavy atom. The maximum atomic E-state index is 13.0. The first kappa shape index (κ1) is 20.6. The zero-order chi connectivity index (χ0) is 20.4. The van der Waals surface area contributed by atoms with Crippen molar-refractivity contribution in [1.82, 2.24) is 10.8 Å². The molecule has 150 valence electrons. The third-order valence-electron chi connectivity index (χ3n) is 4.58. The van der Waals surface area contributed by atoms with Crippen molar-refractivity contribution in [2.45, 2.75) is 22.2 Å². The summed E-state index contributed by atoms with van der Waals surface area (Å²) in [6.07, 6.45) is 0.00921. The van der Waals surface area contributed by atoms with Crippen LogP contribution >= 0.6 is 11.6 Å². The van der Waals surface area contributed by atoms with Crippen molar-refractivity contribution in [3.8, 4) is 11.5 Å².